The van der Waals surface area contributed by atoms with Gasteiger partial charge in [-0.25, -0.2) is 0 Å². The number of rotatable bonds is 3. The van der Waals surface area contributed by atoms with Gasteiger partial charge in [-0.05, 0) is 30.9 Å². The van der Waals surface area contributed by atoms with Crippen molar-refractivity contribution in [1.82, 2.24) is 10.3 Å². The summed E-state index contributed by atoms with van der Waals surface area (Å²) in [5.74, 6) is 0.677. The number of para-hydroxylation sites is 1. The van der Waals surface area contributed by atoms with E-state index in [1.807, 2.05) is 30.3 Å². The third kappa shape index (κ3) is 3.03. The molecule has 20 heavy (non-hydrogen) atoms. The Morgan fingerprint density at radius 1 is 1.15 bits per heavy atom. The van der Waals surface area contributed by atoms with Gasteiger partial charge in [0.25, 0.3) is 5.91 Å². The van der Waals surface area contributed by atoms with Crippen LogP contribution in [0.4, 0.5) is 0 Å². The van der Waals surface area contributed by atoms with Crippen molar-refractivity contribution < 1.29 is 4.79 Å². The Labute approximate surface area is 119 Å². The average Bonchev–Trinajstić information content (AvgIpc) is 2.74. The molecule has 1 amide bonds. The van der Waals surface area contributed by atoms with Gasteiger partial charge in [0.2, 0.25) is 0 Å². The van der Waals surface area contributed by atoms with Gasteiger partial charge in [-0.1, -0.05) is 43.9 Å². The zero-order chi connectivity index (χ0) is 13.8. The van der Waals surface area contributed by atoms with Gasteiger partial charge in [0.1, 0.15) is 5.69 Å². The number of hydrogen-bond donors (Lipinski definition) is 2. The van der Waals surface area contributed by atoms with E-state index < -0.39 is 0 Å². The molecule has 2 aromatic rings. The second-order valence-electron chi connectivity index (χ2n) is 5.84. The zero-order valence-electron chi connectivity index (χ0n) is 11.8. The number of hydrogen-bond acceptors (Lipinski definition) is 1. The van der Waals surface area contributed by atoms with Crippen LogP contribution in [0.15, 0.2) is 30.3 Å². The molecule has 0 unspecified atom stereocenters. The van der Waals surface area contributed by atoms with Gasteiger partial charge in [-0.2, -0.15) is 0 Å². The van der Waals surface area contributed by atoms with E-state index in [1.165, 1.54) is 38.5 Å². The first-order valence-corrected chi connectivity index (χ1v) is 7.69. The number of aromatic nitrogens is 1. The zero-order valence-corrected chi connectivity index (χ0v) is 11.8. The highest BCUT2D eigenvalue weighted by Crippen LogP contribution is 2.22. The minimum atomic E-state index is 0.0189. The first-order valence-electron chi connectivity index (χ1n) is 7.69. The molecular weight excluding hydrogens is 248 g/mol. The van der Waals surface area contributed by atoms with E-state index in [0.717, 1.165) is 17.4 Å². The molecule has 3 heteroatoms. The van der Waals surface area contributed by atoms with Gasteiger partial charge >= 0.3 is 0 Å². The summed E-state index contributed by atoms with van der Waals surface area (Å²) in [7, 11) is 0. The van der Waals surface area contributed by atoms with Crippen LogP contribution in [0.5, 0.6) is 0 Å². The number of fused-ring (bicyclic) bond motifs is 1. The molecule has 0 atom stereocenters. The lowest BCUT2D eigenvalue weighted by Crippen LogP contribution is -2.29. The number of carbonyl (C=O) groups is 1. The standard InChI is InChI=1S/C17H22N2O/c20-17(18-12-13-7-3-1-2-4-8-13)16-11-14-9-5-6-10-15(14)19-16/h5-6,9-11,13,19H,1-4,7-8,12H2,(H,18,20). The van der Waals surface area contributed by atoms with E-state index >= 15 is 0 Å². The molecule has 0 spiro atoms. The summed E-state index contributed by atoms with van der Waals surface area (Å²) in [6.45, 7) is 0.814. The van der Waals surface area contributed by atoms with Crippen molar-refractivity contribution in [3.8, 4) is 0 Å². The maximum Gasteiger partial charge on any atom is 0.267 e. The molecule has 1 aromatic heterocycles. The Bertz CT molecular complexity index is 546. The molecule has 0 radical (unpaired) electrons. The summed E-state index contributed by atoms with van der Waals surface area (Å²) >= 11 is 0. The van der Waals surface area contributed by atoms with Crippen molar-refractivity contribution in [3.05, 3.63) is 36.0 Å². The van der Waals surface area contributed by atoms with Crippen molar-refractivity contribution in [2.45, 2.75) is 38.5 Å². The van der Waals surface area contributed by atoms with Crippen LogP contribution in [0.2, 0.25) is 0 Å². The van der Waals surface area contributed by atoms with Crippen molar-refractivity contribution in [2.75, 3.05) is 6.54 Å². The summed E-state index contributed by atoms with van der Waals surface area (Å²) < 4.78 is 0. The number of H-pyrrole nitrogens is 1. The van der Waals surface area contributed by atoms with Gasteiger partial charge in [-0.3, -0.25) is 4.79 Å². The molecule has 1 aliphatic carbocycles. The van der Waals surface area contributed by atoms with E-state index in [-0.39, 0.29) is 5.91 Å². The van der Waals surface area contributed by atoms with E-state index in [9.17, 15) is 4.79 Å². The van der Waals surface area contributed by atoms with E-state index in [2.05, 4.69) is 10.3 Å². The van der Waals surface area contributed by atoms with Gasteiger partial charge in [-0.15, -0.1) is 0 Å². The molecule has 0 saturated heterocycles. The van der Waals surface area contributed by atoms with Crippen molar-refractivity contribution >= 4 is 16.8 Å². The Morgan fingerprint density at radius 2 is 1.90 bits per heavy atom. The summed E-state index contributed by atoms with van der Waals surface area (Å²) in [6, 6.07) is 9.92. The van der Waals surface area contributed by atoms with Crippen LogP contribution in [-0.4, -0.2) is 17.4 Å². The highest BCUT2D eigenvalue weighted by Gasteiger charge is 2.14. The summed E-state index contributed by atoms with van der Waals surface area (Å²) in [5, 5.41) is 4.18. The molecule has 3 rings (SSSR count). The molecule has 0 bridgehead atoms. The predicted molar refractivity (Wildman–Crippen MR) is 81.8 cm³/mol. The van der Waals surface area contributed by atoms with Crippen LogP contribution in [-0.2, 0) is 0 Å². The Balaban J connectivity index is 1.60. The van der Waals surface area contributed by atoms with Crippen molar-refractivity contribution in [1.29, 1.82) is 0 Å². The number of amides is 1. The first kappa shape index (κ1) is 13.2. The summed E-state index contributed by atoms with van der Waals surface area (Å²) in [4.78, 5) is 15.4. The molecule has 0 aliphatic heterocycles. The highest BCUT2D eigenvalue weighted by atomic mass is 16.1. The lowest BCUT2D eigenvalue weighted by molar-refractivity contribution is 0.0941. The van der Waals surface area contributed by atoms with Crippen LogP contribution in [0.25, 0.3) is 10.9 Å². The number of nitrogens with one attached hydrogen (secondary N) is 2. The van der Waals surface area contributed by atoms with Gasteiger partial charge in [0, 0.05) is 17.4 Å². The molecule has 1 aromatic carbocycles. The quantitative estimate of drug-likeness (QED) is 0.817. The van der Waals surface area contributed by atoms with Gasteiger partial charge in [0.05, 0.1) is 0 Å². The first-order chi connectivity index (χ1) is 9.83. The smallest absolute Gasteiger partial charge is 0.267 e. The predicted octanol–water partition coefficient (Wildman–Crippen LogP) is 3.87. The van der Waals surface area contributed by atoms with Gasteiger partial charge < -0.3 is 10.3 Å². The third-order valence-corrected chi connectivity index (χ3v) is 4.30. The van der Waals surface area contributed by atoms with Crippen LogP contribution < -0.4 is 5.32 Å². The van der Waals surface area contributed by atoms with E-state index in [4.69, 9.17) is 0 Å². The second kappa shape index (κ2) is 6.12. The number of benzene rings is 1. The van der Waals surface area contributed by atoms with Crippen LogP contribution >= 0.6 is 0 Å². The summed E-state index contributed by atoms with van der Waals surface area (Å²) in [5.41, 5.74) is 1.69. The lowest BCUT2D eigenvalue weighted by atomic mass is 10.0. The normalized spacial score (nSPS) is 17.0. The number of carbonyl (C=O) groups excluding carboxylic acids is 1. The SMILES string of the molecule is O=C(NCC1CCCCCC1)c1cc2ccccc2[nH]1. The molecule has 1 fully saturated rings. The maximum atomic E-state index is 12.2. The molecule has 2 N–H and O–H groups in total. The topological polar surface area (TPSA) is 44.9 Å². The fourth-order valence-electron chi connectivity index (χ4n) is 3.10. The molecule has 106 valence electrons. The fraction of sp³-hybridized carbons (Fsp3) is 0.471. The lowest BCUT2D eigenvalue weighted by Gasteiger charge is -2.14. The molecule has 1 heterocycles. The second-order valence-corrected chi connectivity index (χ2v) is 5.84. The minimum absolute atomic E-state index is 0.0189. The van der Waals surface area contributed by atoms with Gasteiger partial charge in [0.15, 0.2) is 0 Å². The Morgan fingerprint density at radius 3 is 2.65 bits per heavy atom. The monoisotopic (exact) mass is 270 g/mol. The number of aromatic amines is 1. The van der Waals surface area contributed by atoms with Crippen LogP contribution in [0.3, 0.4) is 0 Å². The molecular formula is C17H22N2O. The van der Waals surface area contributed by atoms with Crippen LogP contribution in [0.1, 0.15) is 49.0 Å². The largest absolute Gasteiger partial charge is 0.351 e. The van der Waals surface area contributed by atoms with Crippen LogP contribution in [0, 0.1) is 5.92 Å². The molecule has 3 nitrogen and oxygen atoms in total. The third-order valence-electron chi connectivity index (χ3n) is 4.30. The average molecular weight is 270 g/mol. The molecule has 1 saturated carbocycles. The van der Waals surface area contributed by atoms with Crippen molar-refractivity contribution in [2.24, 2.45) is 5.92 Å². The minimum Gasteiger partial charge on any atom is -0.351 e. The van der Waals surface area contributed by atoms with E-state index in [1.54, 1.807) is 0 Å². The maximum absolute atomic E-state index is 12.2. The Kier molecular flexibility index (Phi) is 4.05. The fourth-order valence-corrected chi connectivity index (χ4v) is 3.10. The molecule has 1 aliphatic rings. The highest BCUT2D eigenvalue weighted by molar-refractivity contribution is 5.97. The summed E-state index contributed by atoms with van der Waals surface area (Å²) in [6.07, 6.45) is 7.85. The van der Waals surface area contributed by atoms with Crippen molar-refractivity contribution in [3.63, 3.8) is 0 Å². The Hall–Kier alpha value is -1.77. The van der Waals surface area contributed by atoms with E-state index in [0.29, 0.717) is 11.6 Å².